The van der Waals surface area contributed by atoms with Crippen LogP contribution in [0.3, 0.4) is 0 Å². The second kappa shape index (κ2) is 2.95. The van der Waals surface area contributed by atoms with E-state index in [2.05, 4.69) is 0 Å². The summed E-state index contributed by atoms with van der Waals surface area (Å²) < 4.78 is 0. The molecule has 1 nitrogen and oxygen atoms in total. The molecule has 6 heavy (non-hydrogen) atoms. The molecule has 0 aliphatic heterocycles. The van der Waals surface area contributed by atoms with Gasteiger partial charge in [0.05, 0.1) is 0 Å². The maximum Gasteiger partial charge on any atom is 0.122 e. The fourth-order valence-electron chi connectivity index (χ4n) is 0.287. The van der Waals surface area contributed by atoms with Gasteiger partial charge >= 0.3 is 0 Å². The van der Waals surface area contributed by atoms with E-state index in [1.165, 1.54) is 0 Å². The highest BCUT2D eigenvalue weighted by atomic mass is 16.1. The van der Waals surface area contributed by atoms with Crippen molar-refractivity contribution in [2.24, 2.45) is 0 Å². The number of hydrogen-bond donors (Lipinski definition) is 0. The first-order valence-corrected chi connectivity index (χ1v) is 2.04. The number of ketones is 1. The lowest BCUT2D eigenvalue weighted by atomic mass is 9.77. The van der Waals surface area contributed by atoms with E-state index in [4.69, 9.17) is 0 Å². The van der Waals surface area contributed by atoms with Crippen molar-refractivity contribution in [3.05, 3.63) is 0 Å². The summed E-state index contributed by atoms with van der Waals surface area (Å²) in [5.41, 5.74) is 0. The van der Waals surface area contributed by atoms with Gasteiger partial charge in [-0.2, -0.15) is 0 Å². The van der Waals surface area contributed by atoms with E-state index in [9.17, 15) is 4.79 Å². The molecular formula is C4H8BO. The highest BCUT2D eigenvalue weighted by Crippen LogP contribution is 1.76. The molecule has 0 amide bonds. The zero-order valence-corrected chi connectivity index (χ0v) is 4.19. The largest absolute Gasteiger partial charge is 0.301 e. The molecule has 0 aromatic carbocycles. The zero-order valence-electron chi connectivity index (χ0n) is 4.19. The lowest BCUT2D eigenvalue weighted by molar-refractivity contribution is -0.114. The Balaban J connectivity index is 2.83. The minimum absolute atomic E-state index is 0.234. The maximum absolute atomic E-state index is 10.0. The van der Waals surface area contributed by atoms with Crippen molar-refractivity contribution < 1.29 is 4.79 Å². The van der Waals surface area contributed by atoms with Gasteiger partial charge in [0.2, 0.25) is 0 Å². The highest BCUT2D eigenvalue weighted by molar-refractivity contribution is 6.39. The van der Waals surface area contributed by atoms with E-state index in [0.29, 0.717) is 6.32 Å². The molecule has 0 aliphatic rings. The molecule has 0 rings (SSSR count). The fourth-order valence-corrected chi connectivity index (χ4v) is 0.287. The van der Waals surface area contributed by atoms with Gasteiger partial charge in [-0.15, -0.1) is 0 Å². The third-order valence-corrected chi connectivity index (χ3v) is 0.492. The Morgan fingerprint density at radius 1 is 1.83 bits per heavy atom. The standard InChI is InChI=1S/C4H8BO/c1-4(6)3-5-2/h3H2,1-2H3. The number of hydrogen-bond acceptors (Lipinski definition) is 1. The molecule has 2 heteroatoms. The number of rotatable bonds is 2. The molecule has 0 unspecified atom stereocenters. The van der Waals surface area contributed by atoms with Crippen molar-refractivity contribution in [1.82, 2.24) is 0 Å². The predicted octanol–water partition coefficient (Wildman–Crippen LogP) is 0.746. The van der Waals surface area contributed by atoms with Crippen LogP contribution in [0.1, 0.15) is 6.92 Å². The van der Waals surface area contributed by atoms with Gasteiger partial charge in [-0.3, -0.25) is 0 Å². The van der Waals surface area contributed by atoms with Crippen molar-refractivity contribution in [3.63, 3.8) is 0 Å². The minimum Gasteiger partial charge on any atom is -0.301 e. The molecule has 0 fully saturated rings. The van der Waals surface area contributed by atoms with Crippen LogP contribution in [0.5, 0.6) is 0 Å². The average Bonchev–Trinajstić information content (AvgIpc) is 1.35. The van der Waals surface area contributed by atoms with Crippen molar-refractivity contribution in [2.45, 2.75) is 20.1 Å². The van der Waals surface area contributed by atoms with Crippen LogP contribution < -0.4 is 0 Å². The molecule has 0 saturated carbocycles. The average molecular weight is 82.9 g/mol. The van der Waals surface area contributed by atoms with Crippen LogP contribution in [0.4, 0.5) is 0 Å². The van der Waals surface area contributed by atoms with Crippen LogP contribution in [0.2, 0.25) is 13.1 Å². The first-order chi connectivity index (χ1) is 2.77. The Bertz CT molecular complexity index is 51.5. The zero-order chi connectivity index (χ0) is 4.99. The number of carbonyl (C=O) groups is 1. The van der Waals surface area contributed by atoms with Gasteiger partial charge in [0.25, 0.3) is 0 Å². The first kappa shape index (κ1) is 5.73. The van der Waals surface area contributed by atoms with E-state index in [1.807, 2.05) is 14.1 Å². The molecule has 0 bridgehead atoms. The second-order valence-corrected chi connectivity index (χ2v) is 1.31. The van der Waals surface area contributed by atoms with Crippen molar-refractivity contribution in [2.75, 3.05) is 0 Å². The van der Waals surface area contributed by atoms with Gasteiger partial charge in [-0.05, 0) is 13.2 Å². The molecule has 0 N–H and O–H groups in total. The SMILES string of the molecule is C[B]CC(C)=O. The Kier molecular flexibility index (Phi) is 2.82. The van der Waals surface area contributed by atoms with Gasteiger partial charge in [-0.25, -0.2) is 0 Å². The third kappa shape index (κ3) is 3.73. The van der Waals surface area contributed by atoms with Gasteiger partial charge in [-0.1, -0.05) is 6.82 Å². The van der Waals surface area contributed by atoms with Crippen molar-refractivity contribution in [1.29, 1.82) is 0 Å². The lowest BCUT2D eigenvalue weighted by Gasteiger charge is -1.78. The monoisotopic (exact) mass is 83.1 g/mol. The molecular weight excluding hydrogens is 74.9 g/mol. The summed E-state index contributed by atoms with van der Waals surface area (Å²) in [7, 11) is 1.85. The molecule has 0 aromatic heterocycles. The Morgan fingerprint density at radius 3 is 2.33 bits per heavy atom. The summed E-state index contributed by atoms with van der Waals surface area (Å²) in [6.45, 7) is 3.46. The van der Waals surface area contributed by atoms with Gasteiger partial charge in [0.15, 0.2) is 0 Å². The van der Waals surface area contributed by atoms with Crippen LogP contribution in [-0.4, -0.2) is 13.1 Å². The quantitative estimate of drug-likeness (QED) is 0.450. The molecule has 0 aromatic rings. The van der Waals surface area contributed by atoms with Crippen LogP contribution in [0, 0.1) is 0 Å². The minimum atomic E-state index is 0.234. The van der Waals surface area contributed by atoms with E-state index in [1.54, 1.807) is 6.92 Å². The molecule has 0 atom stereocenters. The van der Waals surface area contributed by atoms with E-state index >= 15 is 0 Å². The normalized spacial score (nSPS) is 7.67. The summed E-state index contributed by atoms with van der Waals surface area (Å²) in [5, 5.41) is 0. The lowest BCUT2D eigenvalue weighted by Crippen LogP contribution is -1.90. The molecule has 0 aliphatic carbocycles. The van der Waals surface area contributed by atoms with Crippen LogP contribution >= 0.6 is 0 Å². The molecule has 33 valence electrons. The van der Waals surface area contributed by atoms with E-state index in [0.717, 1.165) is 0 Å². The van der Waals surface area contributed by atoms with Crippen molar-refractivity contribution in [3.8, 4) is 0 Å². The Hall–Kier alpha value is -0.265. The summed E-state index contributed by atoms with van der Waals surface area (Å²) in [6, 6.07) is 0. The third-order valence-electron chi connectivity index (χ3n) is 0.492. The Labute approximate surface area is 39.0 Å². The molecule has 0 spiro atoms. The summed E-state index contributed by atoms with van der Waals surface area (Å²) in [4.78, 5) is 10.0. The van der Waals surface area contributed by atoms with Gasteiger partial charge in [0, 0.05) is 0 Å². The van der Waals surface area contributed by atoms with Gasteiger partial charge < -0.3 is 4.79 Å². The van der Waals surface area contributed by atoms with E-state index < -0.39 is 0 Å². The van der Waals surface area contributed by atoms with Gasteiger partial charge in [0.1, 0.15) is 13.1 Å². The molecule has 0 saturated heterocycles. The highest BCUT2D eigenvalue weighted by Gasteiger charge is 1.85. The molecule has 0 heterocycles. The summed E-state index contributed by atoms with van der Waals surface area (Å²) in [6.07, 6.45) is 0.611. The van der Waals surface area contributed by atoms with Crippen molar-refractivity contribution >= 4 is 13.1 Å². The summed E-state index contributed by atoms with van der Waals surface area (Å²) >= 11 is 0. The van der Waals surface area contributed by atoms with Crippen LogP contribution in [-0.2, 0) is 4.79 Å². The first-order valence-electron chi connectivity index (χ1n) is 2.04. The number of carbonyl (C=O) groups excluding carboxylic acids is 1. The number of Topliss-reactive ketones (excluding diaryl/α,β-unsaturated/α-hetero) is 1. The maximum atomic E-state index is 10.0. The van der Waals surface area contributed by atoms with Crippen LogP contribution in [0.15, 0.2) is 0 Å². The fraction of sp³-hybridized carbons (Fsp3) is 0.750. The van der Waals surface area contributed by atoms with Crippen LogP contribution in [0.25, 0.3) is 0 Å². The Morgan fingerprint density at radius 2 is 2.33 bits per heavy atom. The topological polar surface area (TPSA) is 17.1 Å². The molecule has 1 radical (unpaired) electrons. The predicted molar refractivity (Wildman–Crippen MR) is 27.1 cm³/mol. The second-order valence-electron chi connectivity index (χ2n) is 1.31. The summed E-state index contributed by atoms with van der Waals surface area (Å²) in [5.74, 6) is 0.234. The smallest absolute Gasteiger partial charge is 0.122 e. The van der Waals surface area contributed by atoms with E-state index in [-0.39, 0.29) is 5.78 Å².